The molecule has 26 heavy (non-hydrogen) atoms. The van der Waals surface area contributed by atoms with Crippen LogP contribution in [0.1, 0.15) is 31.7 Å². The summed E-state index contributed by atoms with van der Waals surface area (Å²) < 4.78 is 25.2. The number of sulfonamides is 1. The van der Waals surface area contributed by atoms with E-state index >= 15 is 0 Å². The van der Waals surface area contributed by atoms with Crippen molar-refractivity contribution in [1.29, 1.82) is 0 Å². The van der Waals surface area contributed by atoms with Crippen molar-refractivity contribution in [3.05, 3.63) is 35.9 Å². The monoisotopic (exact) mass is 381 g/mol. The number of nitrogens with one attached hydrogen (secondary N) is 1. The molecule has 1 amide bonds. The van der Waals surface area contributed by atoms with Crippen molar-refractivity contribution in [2.45, 2.75) is 32.7 Å². The third-order valence-electron chi connectivity index (χ3n) is 4.71. The van der Waals surface area contributed by atoms with Crippen LogP contribution in [-0.2, 0) is 21.4 Å². The van der Waals surface area contributed by atoms with Crippen LogP contribution in [0.25, 0.3) is 0 Å². The fourth-order valence-corrected chi connectivity index (χ4v) is 4.05. The van der Waals surface area contributed by atoms with Gasteiger partial charge in [0.05, 0.1) is 12.8 Å². The van der Waals surface area contributed by atoms with E-state index in [1.807, 2.05) is 30.3 Å². The Morgan fingerprint density at radius 2 is 2.04 bits per heavy atom. The molecule has 1 atom stereocenters. The number of benzene rings is 1. The van der Waals surface area contributed by atoms with Crippen LogP contribution in [0, 0.1) is 5.92 Å². The molecule has 0 spiro atoms. The van der Waals surface area contributed by atoms with Crippen LogP contribution in [0.2, 0.25) is 0 Å². The van der Waals surface area contributed by atoms with Crippen LogP contribution in [0.5, 0.6) is 0 Å². The second-order valence-corrected chi connectivity index (χ2v) is 9.25. The van der Waals surface area contributed by atoms with Gasteiger partial charge in [0.25, 0.3) is 0 Å². The molecule has 1 aliphatic heterocycles. The van der Waals surface area contributed by atoms with Crippen LogP contribution in [0.15, 0.2) is 30.3 Å². The van der Waals surface area contributed by atoms with Crippen LogP contribution in [0.4, 0.5) is 0 Å². The van der Waals surface area contributed by atoms with Gasteiger partial charge in [-0.1, -0.05) is 37.3 Å². The standard InChI is InChI=1S/C19H31N3O3S/c1-17-8-6-12-21(14-17)13-7-11-20-19(23)16-22(26(2,24)25)15-18-9-4-3-5-10-18/h3-5,9-10,17H,6-8,11-16H2,1-2H3,(H,20,23)/t17-/m0/s1. The molecule has 1 aliphatic rings. The lowest BCUT2D eigenvalue weighted by Gasteiger charge is -2.30. The molecule has 1 fully saturated rings. The first-order chi connectivity index (χ1) is 12.3. The molecule has 1 saturated heterocycles. The number of carbonyl (C=O) groups is 1. The first-order valence-electron chi connectivity index (χ1n) is 9.32. The van der Waals surface area contributed by atoms with Crippen LogP contribution in [-0.4, -0.2) is 62.5 Å². The third kappa shape index (κ3) is 7.43. The normalized spacial score (nSPS) is 18.8. The van der Waals surface area contributed by atoms with Gasteiger partial charge in [-0.15, -0.1) is 0 Å². The molecule has 0 aromatic heterocycles. The number of hydrogen-bond donors (Lipinski definition) is 1. The lowest BCUT2D eigenvalue weighted by molar-refractivity contribution is -0.121. The summed E-state index contributed by atoms with van der Waals surface area (Å²) in [5.41, 5.74) is 0.866. The summed E-state index contributed by atoms with van der Waals surface area (Å²) in [6.45, 7) is 6.16. The van der Waals surface area contributed by atoms with Crippen LogP contribution < -0.4 is 5.32 Å². The molecule has 7 heteroatoms. The molecule has 0 saturated carbocycles. The summed E-state index contributed by atoms with van der Waals surface area (Å²) in [5.74, 6) is 0.498. The maximum absolute atomic E-state index is 12.2. The second kappa shape index (κ2) is 10.0. The second-order valence-electron chi connectivity index (χ2n) is 7.27. The highest BCUT2D eigenvalue weighted by Gasteiger charge is 2.20. The number of hydrogen-bond acceptors (Lipinski definition) is 4. The maximum atomic E-state index is 12.2. The van der Waals surface area contributed by atoms with E-state index in [1.165, 1.54) is 17.1 Å². The van der Waals surface area contributed by atoms with Gasteiger partial charge >= 0.3 is 0 Å². The van der Waals surface area contributed by atoms with Gasteiger partial charge in [-0.2, -0.15) is 4.31 Å². The molecule has 0 bridgehead atoms. The topological polar surface area (TPSA) is 69.7 Å². The Balaban J connectivity index is 1.74. The summed E-state index contributed by atoms with van der Waals surface area (Å²) >= 11 is 0. The Morgan fingerprint density at radius 1 is 1.31 bits per heavy atom. The smallest absolute Gasteiger partial charge is 0.235 e. The zero-order valence-electron chi connectivity index (χ0n) is 15.9. The van der Waals surface area contributed by atoms with Crippen molar-refractivity contribution in [1.82, 2.24) is 14.5 Å². The maximum Gasteiger partial charge on any atom is 0.235 e. The van der Waals surface area contributed by atoms with Gasteiger partial charge in [-0.25, -0.2) is 8.42 Å². The van der Waals surface area contributed by atoms with Gasteiger partial charge in [0.1, 0.15) is 0 Å². The van der Waals surface area contributed by atoms with Crippen molar-refractivity contribution < 1.29 is 13.2 Å². The molecule has 2 rings (SSSR count). The number of rotatable bonds is 9. The first kappa shape index (κ1) is 20.9. The van der Waals surface area contributed by atoms with Gasteiger partial charge in [0.15, 0.2) is 0 Å². The summed E-state index contributed by atoms with van der Waals surface area (Å²) in [4.78, 5) is 14.6. The minimum absolute atomic E-state index is 0.144. The lowest BCUT2D eigenvalue weighted by Crippen LogP contribution is -2.41. The third-order valence-corrected chi connectivity index (χ3v) is 5.90. The fraction of sp³-hybridized carbons (Fsp3) is 0.632. The summed E-state index contributed by atoms with van der Waals surface area (Å²) in [6.07, 6.45) is 4.57. The molecular formula is C19H31N3O3S. The van der Waals surface area contributed by atoms with Crippen molar-refractivity contribution in [3.63, 3.8) is 0 Å². The Labute approximate surface area is 157 Å². The Morgan fingerprint density at radius 3 is 2.69 bits per heavy atom. The molecule has 0 unspecified atom stereocenters. The quantitative estimate of drug-likeness (QED) is 0.661. The molecule has 1 aromatic rings. The number of piperidine rings is 1. The first-order valence-corrected chi connectivity index (χ1v) is 11.2. The molecular weight excluding hydrogens is 350 g/mol. The highest BCUT2D eigenvalue weighted by Crippen LogP contribution is 2.15. The van der Waals surface area contributed by atoms with E-state index in [2.05, 4.69) is 17.1 Å². The van der Waals surface area contributed by atoms with Crippen molar-refractivity contribution >= 4 is 15.9 Å². The lowest BCUT2D eigenvalue weighted by atomic mass is 10.0. The average Bonchev–Trinajstić information content (AvgIpc) is 2.58. The zero-order chi connectivity index (χ0) is 19.0. The van der Waals surface area contributed by atoms with E-state index in [0.717, 1.165) is 43.8 Å². The summed E-state index contributed by atoms with van der Waals surface area (Å²) in [7, 11) is -3.45. The zero-order valence-corrected chi connectivity index (χ0v) is 16.7. The molecule has 1 aromatic carbocycles. The minimum Gasteiger partial charge on any atom is -0.355 e. The fourth-order valence-electron chi connectivity index (χ4n) is 3.31. The van der Waals surface area contributed by atoms with E-state index < -0.39 is 10.0 Å². The predicted molar refractivity (Wildman–Crippen MR) is 104 cm³/mol. The van der Waals surface area contributed by atoms with E-state index in [4.69, 9.17) is 0 Å². The van der Waals surface area contributed by atoms with E-state index in [9.17, 15) is 13.2 Å². The van der Waals surface area contributed by atoms with Crippen molar-refractivity contribution in [2.75, 3.05) is 39.0 Å². The molecule has 0 aliphatic carbocycles. The Bertz CT molecular complexity index is 664. The van der Waals surface area contributed by atoms with Gasteiger partial charge in [-0.05, 0) is 43.8 Å². The summed E-state index contributed by atoms with van der Waals surface area (Å²) in [5, 5.41) is 2.85. The van der Waals surface area contributed by atoms with Crippen LogP contribution >= 0.6 is 0 Å². The Kier molecular flexibility index (Phi) is 8.06. The molecule has 0 radical (unpaired) electrons. The SMILES string of the molecule is C[C@H]1CCCN(CCCNC(=O)CN(Cc2ccccc2)S(C)(=O)=O)C1. The number of carbonyl (C=O) groups excluding carboxylic acids is 1. The van der Waals surface area contributed by atoms with Crippen molar-refractivity contribution in [2.24, 2.45) is 5.92 Å². The van der Waals surface area contributed by atoms with Gasteiger partial charge < -0.3 is 10.2 Å². The number of amides is 1. The predicted octanol–water partition coefficient (Wildman–Crippen LogP) is 1.69. The number of likely N-dealkylation sites (tertiary alicyclic amines) is 1. The molecule has 1 N–H and O–H groups in total. The molecule has 1 heterocycles. The van der Waals surface area contributed by atoms with Gasteiger partial charge in [0, 0.05) is 19.6 Å². The average molecular weight is 382 g/mol. The molecule has 6 nitrogen and oxygen atoms in total. The summed E-state index contributed by atoms with van der Waals surface area (Å²) in [6, 6.07) is 9.31. The minimum atomic E-state index is -3.45. The Hall–Kier alpha value is -1.44. The van der Waals surface area contributed by atoms with Gasteiger partial charge in [0.2, 0.25) is 15.9 Å². The van der Waals surface area contributed by atoms with Crippen LogP contribution in [0.3, 0.4) is 0 Å². The highest BCUT2D eigenvalue weighted by molar-refractivity contribution is 7.88. The highest BCUT2D eigenvalue weighted by atomic mass is 32.2. The molecule has 146 valence electrons. The van der Waals surface area contributed by atoms with Crippen molar-refractivity contribution in [3.8, 4) is 0 Å². The van der Waals surface area contributed by atoms with Gasteiger partial charge in [-0.3, -0.25) is 4.79 Å². The largest absolute Gasteiger partial charge is 0.355 e. The van der Waals surface area contributed by atoms with E-state index in [-0.39, 0.29) is 19.0 Å². The number of nitrogens with zero attached hydrogens (tertiary/aromatic N) is 2. The van der Waals surface area contributed by atoms with E-state index in [1.54, 1.807) is 0 Å². The van der Waals surface area contributed by atoms with E-state index in [0.29, 0.717) is 6.54 Å².